The molecule has 1 amide bonds. The summed E-state index contributed by atoms with van der Waals surface area (Å²) in [5.41, 5.74) is 6.52. The number of carbonyl (C=O) groups excluding carboxylic acids is 1. The van der Waals surface area contributed by atoms with Gasteiger partial charge in [0.15, 0.2) is 5.69 Å². The molecule has 0 radical (unpaired) electrons. The molecule has 0 spiro atoms. The smallest absolute Gasteiger partial charge is 0.273 e. The second-order valence-electron chi connectivity index (χ2n) is 3.78. The van der Waals surface area contributed by atoms with E-state index in [4.69, 9.17) is 5.73 Å². The van der Waals surface area contributed by atoms with E-state index in [1.165, 1.54) is 0 Å². The zero-order valence-corrected chi connectivity index (χ0v) is 9.91. The van der Waals surface area contributed by atoms with Crippen LogP contribution >= 0.6 is 0 Å². The molecule has 0 aliphatic rings. The zero-order valence-electron chi connectivity index (χ0n) is 9.91. The topological polar surface area (TPSA) is 85.8 Å². The van der Waals surface area contributed by atoms with Crippen LogP contribution < -0.4 is 11.1 Å². The van der Waals surface area contributed by atoms with E-state index in [0.717, 1.165) is 12.1 Å². The molecule has 1 aromatic heterocycles. The van der Waals surface area contributed by atoms with Crippen molar-refractivity contribution in [3.63, 3.8) is 0 Å². The van der Waals surface area contributed by atoms with Crippen LogP contribution in [0.15, 0.2) is 36.5 Å². The van der Waals surface area contributed by atoms with Crippen LogP contribution in [0.1, 0.15) is 16.9 Å². The largest absolute Gasteiger partial charge is 0.351 e. The van der Waals surface area contributed by atoms with E-state index in [1.54, 1.807) is 10.9 Å². The summed E-state index contributed by atoms with van der Waals surface area (Å²) in [6.45, 7) is 1.10. The normalized spacial score (nSPS) is 10.3. The van der Waals surface area contributed by atoms with Crippen molar-refractivity contribution < 1.29 is 4.79 Å². The molecule has 0 aliphatic heterocycles. The first-order valence-electron chi connectivity index (χ1n) is 5.77. The van der Waals surface area contributed by atoms with Crippen LogP contribution in [0.3, 0.4) is 0 Å². The highest BCUT2D eigenvalue weighted by Gasteiger charge is 2.10. The van der Waals surface area contributed by atoms with Crippen molar-refractivity contribution in [2.24, 2.45) is 5.73 Å². The minimum atomic E-state index is -0.231. The lowest BCUT2D eigenvalue weighted by Gasteiger charge is -2.00. The van der Waals surface area contributed by atoms with Gasteiger partial charge in [0.1, 0.15) is 0 Å². The molecule has 0 fully saturated rings. The van der Waals surface area contributed by atoms with Crippen LogP contribution in [0.4, 0.5) is 0 Å². The Bertz CT molecular complexity index is 508. The number of rotatable bonds is 5. The fourth-order valence-corrected chi connectivity index (χ4v) is 1.47. The van der Waals surface area contributed by atoms with Crippen LogP contribution in [-0.2, 0) is 0 Å². The molecule has 3 N–H and O–H groups in total. The Hall–Kier alpha value is -2.21. The lowest BCUT2D eigenvalue weighted by molar-refractivity contribution is 0.0948. The molecular formula is C12H15N5O. The predicted octanol–water partition coefficient (Wildman–Crippen LogP) is 0.346. The number of nitrogens with zero attached hydrogens (tertiary/aromatic N) is 3. The van der Waals surface area contributed by atoms with Gasteiger partial charge in [-0.3, -0.25) is 4.79 Å². The summed E-state index contributed by atoms with van der Waals surface area (Å²) in [6, 6.07) is 9.51. The summed E-state index contributed by atoms with van der Waals surface area (Å²) >= 11 is 0. The first-order valence-corrected chi connectivity index (χ1v) is 5.77. The average molecular weight is 245 g/mol. The van der Waals surface area contributed by atoms with Crippen molar-refractivity contribution >= 4 is 5.91 Å². The van der Waals surface area contributed by atoms with Gasteiger partial charge >= 0.3 is 0 Å². The maximum absolute atomic E-state index is 11.7. The van der Waals surface area contributed by atoms with Gasteiger partial charge in [-0.2, -0.15) is 0 Å². The molecule has 0 aliphatic carbocycles. The second-order valence-corrected chi connectivity index (χ2v) is 3.78. The van der Waals surface area contributed by atoms with Crippen molar-refractivity contribution in [3.8, 4) is 5.69 Å². The maximum Gasteiger partial charge on any atom is 0.273 e. The third-order valence-electron chi connectivity index (χ3n) is 2.41. The number of benzene rings is 1. The average Bonchev–Trinajstić information content (AvgIpc) is 2.89. The number of aromatic nitrogens is 3. The second kappa shape index (κ2) is 5.92. The molecule has 0 atom stereocenters. The van der Waals surface area contributed by atoms with Gasteiger partial charge in [0.25, 0.3) is 5.91 Å². The Kier molecular flexibility index (Phi) is 4.03. The number of carbonyl (C=O) groups is 1. The van der Waals surface area contributed by atoms with Crippen molar-refractivity contribution in [3.05, 3.63) is 42.2 Å². The molecule has 6 nitrogen and oxygen atoms in total. The summed E-state index contributed by atoms with van der Waals surface area (Å²) < 4.78 is 1.57. The molecule has 2 rings (SSSR count). The third kappa shape index (κ3) is 2.92. The van der Waals surface area contributed by atoms with Gasteiger partial charge in [-0.15, -0.1) is 5.10 Å². The van der Waals surface area contributed by atoms with Crippen LogP contribution in [0.2, 0.25) is 0 Å². The predicted molar refractivity (Wildman–Crippen MR) is 67.4 cm³/mol. The number of nitrogens with two attached hydrogens (primary N) is 1. The van der Waals surface area contributed by atoms with E-state index in [2.05, 4.69) is 15.6 Å². The van der Waals surface area contributed by atoms with Gasteiger partial charge in [0.05, 0.1) is 11.9 Å². The Morgan fingerprint density at radius 1 is 1.33 bits per heavy atom. The molecule has 1 heterocycles. The van der Waals surface area contributed by atoms with Gasteiger partial charge in [0.2, 0.25) is 0 Å². The van der Waals surface area contributed by atoms with Crippen LogP contribution in [0.25, 0.3) is 5.69 Å². The van der Waals surface area contributed by atoms with Crippen molar-refractivity contribution in [2.45, 2.75) is 6.42 Å². The summed E-state index contributed by atoms with van der Waals surface area (Å²) in [6.07, 6.45) is 2.35. The molecule has 1 aromatic carbocycles. The highest BCUT2D eigenvalue weighted by atomic mass is 16.2. The first-order chi connectivity index (χ1) is 8.81. The minimum absolute atomic E-state index is 0.231. The van der Waals surface area contributed by atoms with Crippen molar-refractivity contribution in [1.29, 1.82) is 0 Å². The van der Waals surface area contributed by atoms with Gasteiger partial charge in [-0.05, 0) is 25.1 Å². The van der Waals surface area contributed by atoms with Crippen molar-refractivity contribution in [1.82, 2.24) is 20.3 Å². The summed E-state index contributed by atoms with van der Waals surface area (Å²) in [7, 11) is 0. The Morgan fingerprint density at radius 3 is 2.83 bits per heavy atom. The van der Waals surface area contributed by atoms with Crippen LogP contribution in [-0.4, -0.2) is 34.0 Å². The molecular weight excluding hydrogens is 230 g/mol. The van der Waals surface area contributed by atoms with Gasteiger partial charge in [0, 0.05) is 6.54 Å². The van der Waals surface area contributed by atoms with Crippen LogP contribution in [0, 0.1) is 0 Å². The van der Waals surface area contributed by atoms with Gasteiger partial charge in [-0.25, -0.2) is 4.68 Å². The monoisotopic (exact) mass is 245 g/mol. The van der Waals surface area contributed by atoms with E-state index in [9.17, 15) is 4.79 Å². The number of nitrogens with one attached hydrogen (secondary N) is 1. The minimum Gasteiger partial charge on any atom is -0.351 e. The lowest BCUT2D eigenvalue weighted by atomic mass is 10.3. The van der Waals surface area contributed by atoms with E-state index in [1.807, 2.05) is 30.3 Å². The molecule has 0 bridgehead atoms. The summed E-state index contributed by atoms with van der Waals surface area (Å²) in [4.78, 5) is 11.7. The highest BCUT2D eigenvalue weighted by Crippen LogP contribution is 2.05. The van der Waals surface area contributed by atoms with Crippen molar-refractivity contribution in [2.75, 3.05) is 13.1 Å². The van der Waals surface area contributed by atoms with E-state index < -0.39 is 0 Å². The SMILES string of the molecule is NCCCNC(=O)c1cn(-c2ccccc2)nn1. The maximum atomic E-state index is 11.7. The molecule has 0 saturated heterocycles. The molecule has 94 valence electrons. The zero-order chi connectivity index (χ0) is 12.8. The summed E-state index contributed by atoms with van der Waals surface area (Å²) in [5, 5.41) is 10.5. The van der Waals surface area contributed by atoms with E-state index >= 15 is 0 Å². The fraction of sp³-hybridized carbons (Fsp3) is 0.250. The fourth-order valence-electron chi connectivity index (χ4n) is 1.47. The lowest BCUT2D eigenvalue weighted by Crippen LogP contribution is -2.26. The van der Waals surface area contributed by atoms with E-state index in [-0.39, 0.29) is 5.91 Å². The van der Waals surface area contributed by atoms with E-state index in [0.29, 0.717) is 18.8 Å². The quantitative estimate of drug-likeness (QED) is 0.744. The molecule has 2 aromatic rings. The number of hydrogen-bond donors (Lipinski definition) is 2. The number of amides is 1. The van der Waals surface area contributed by atoms with Gasteiger partial charge < -0.3 is 11.1 Å². The Morgan fingerprint density at radius 2 is 2.11 bits per heavy atom. The number of hydrogen-bond acceptors (Lipinski definition) is 4. The van der Waals surface area contributed by atoms with Crippen LogP contribution in [0.5, 0.6) is 0 Å². The standard InChI is InChI=1S/C12H15N5O/c13-7-4-8-14-12(18)11-9-17(16-15-11)10-5-2-1-3-6-10/h1-3,5-6,9H,4,7-8,13H2,(H,14,18). The molecule has 0 saturated carbocycles. The molecule has 0 unspecified atom stereocenters. The Labute approximate surface area is 105 Å². The Balaban J connectivity index is 2.04. The number of para-hydroxylation sites is 1. The third-order valence-corrected chi connectivity index (χ3v) is 2.41. The first kappa shape index (κ1) is 12.3. The molecule has 18 heavy (non-hydrogen) atoms. The highest BCUT2D eigenvalue weighted by molar-refractivity contribution is 5.91. The summed E-state index contributed by atoms with van der Waals surface area (Å²) in [5.74, 6) is -0.231. The molecule has 6 heteroatoms. The van der Waals surface area contributed by atoms with Gasteiger partial charge in [-0.1, -0.05) is 23.4 Å².